The molecule has 0 radical (unpaired) electrons. The minimum atomic E-state index is 0.552. The summed E-state index contributed by atoms with van der Waals surface area (Å²) in [5.41, 5.74) is 0. The predicted octanol–water partition coefficient (Wildman–Crippen LogP) is 11.1. The molecule has 3 unspecified atom stereocenters. The predicted molar refractivity (Wildman–Crippen MR) is 149 cm³/mol. The largest absolute Gasteiger partial charge is 0.378 e. The first kappa shape index (κ1) is 34.1. The van der Waals surface area contributed by atoms with E-state index < -0.39 is 0 Å². The van der Waals surface area contributed by atoms with E-state index in [0.717, 1.165) is 36.2 Å². The molecule has 0 N–H and O–H groups in total. The van der Waals surface area contributed by atoms with Gasteiger partial charge < -0.3 is 4.74 Å². The first-order valence-corrected chi connectivity index (χ1v) is 15.1. The van der Waals surface area contributed by atoms with Crippen LogP contribution >= 0.6 is 0 Å². The van der Waals surface area contributed by atoms with Gasteiger partial charge in [-0.1, -0.05) is 140 Å². The molecule has 3 fully saturated rings. The highest BCUT2D eigenvalue weighted by Crippen LogP contribution is 2.31. The Hall–Kier alpha value is -0.0400. The van der Waals surface area contributed by atoms with Gasteiger partial charge in [-0.25, -0.2) is 0 Å². The van der Waals surface area contributed by atoms with Gasteiger partial charge in [0, 0.05) is 6.61 Å². The zero-order valence-corrected chi connectivity index (χ0v) is 24.5. The maximum atomic E-state index is 5.61. The summed E-state index contributed by atoms with van der Waals surface area (Å²) in [6.07, 6.45) is 20.6. The summed E-state index contributed by atoms with van der Waals surface area (Å²) in [6.45, 7) is 22.9. The standard InChI is InChI=1S/C10H20O.C10H20.C7H14.2C2H6/c1-4-10-7-9(8(2)3)5-6-11-10;1-3-9(2)10-7-5-4-6-8-10;1-2-7-5-3-4-6-7;2*1-2/h8-10H,4-7H2,1-3H3;9-10H,3-8H2,1-2H3;7H,2-6H2,1H3;2*1-2H3. The van der Waals surface area contributed by atoms with Crippen molar-refractivity contribution in [1.29, 1.82) is 0 Å². The van der Waals surface area contributed by atoms with Crippen LogP contribution in [-0.4, -0.2) is 12.7 Å². The second-order valence-corrected chi connectivity index (χ2v) is 10.3. The normalized spacial score (nSPS) is 24.5. The van der Waals surface area contributed by atoms with Crippen LogP contribution in [0.1, 0.15) is 159 Å². The molecule has 1 saturated heterocycles. The van der Waals surface area contributed by atoms with Crippen LogP contribution < -0.4 is 0 Å². The third-order valence-corrected chi connectivity index (χ3v) is 7.96. The van der Waals surface area contributed by atoms with Gasteiger partial charge in [-0.2, -0.15) is 0 Å². The Morgan fingerprint density at radius 1 is 0.656 bits per heavy atom. The molecule has 0 aromatic heterocycles. The third-order valence-electron chi connectivity index (χ3n) is 7.96. The zero-order chi connectivity index (χ0) is 24.8. The van der Waals surface area contributed by atoms with Gasteiger partial charge in [-0.3, -0.25) is 0 Å². The SMILES string of the molecule is CC.CC.CCC(C)C1CCCCC1.CCC1CC(C(C)C)CCO1.CCC1CCCC1. The average Bonchev–Trinajstić information content (AvgIpc) is 3.41. The molecular formula is C31H66O. The number of ether oxygens (including phenoxy) is 1. The van der Waals surface area contributed by atoms with E-state index in [1.54, 1.807) is 0 Å². The Morgan fingerprint density at radius 2 is 1.19 bits per heavy atom. The van der Waals surface area contributed by atoms with Crippen LogP contribution in [0.25, 0.3) is 0 Å². The minimum absolute atomic E-state index is 0.552. The monoisotopic (exact) mass is 455 g/mol. The highest BCUT2D eigenvalue weighted by Gasteiger charge is 2.23. The summed E-state index contributed by atoms with van der Waals surface area (Å²) in [7, 11) is 0. The van der Waals surface area contributed by atoms with E-state index in [2.05, 4.69) is 41.5 Å². The first-order valence-electron chi connectivity index (χ1n) is 15.1. The maximum Gasteiger partial charge on any atom is 0.0575 e. The molecule has 0 spiro atoms. The fourth-order valence-corrected chi connectivity index (χ4v) is 5.25. The fraction of sp³-hybridized carbons (Fsp3) is 1.00. The molecular weight excluding hydrogens is 388 g/mol. The van der Waals surface area contributed by atoms with Crippen LogP contribution in [0.3, 0.4) is 0 Å². The Bertz CT molecular complexity index is 338. The van der Waals surface area contributed by atoms with Crippen LogP contribution in [0, 0.1) is 29.6 Å². The van der Waals surface area contributed by atoms with Crippen molar-refractivity contribution in [3.63, 3.8) is 0 Å². The first-order chi connectivity index (χ1) is 15.5. The summed E-state index contributed by atoms with van der Waals surface area (Å²) in [5, 5.41) is 0. The molecule has 0 aromatic carbocycles. The van der Waals surface area contributed by atoms with Gasteiger partial charge >= 0.3 is 0 Å². The van der Waals surface area contributed by atoms with E-state index >= 15 is 0 Å². The van der Waals surface area contributed by atoms with Crippen molar-refractivity contribution in [2.24, 2.45) is 29.6 Å². The van der Waals surface area contributed by atoms with Gasteiger partial charge in [0.05, 0.1) is 6.10 Å². The molecule has 196 valence electrons. The van der Waals surface area contributed by atoms with Crippen molar-refractivity contribution in [2.75, 3.05) is 6.61 Å². The van der Waals surface area contributed by atoms with Crippen LogP contribution in [-0.2, 0) is 4.74 Å². The summed E-state index contributed by atoms with van der Waals surface area (Å²) >= 11 is 0. The molecule has 0 aromatic rings. The van der Waals surface area contributed by atoms with E-state index in [4.69, 9.17) is 4.74 Å². The number of hydrogen-bond acceptors (Lipinski definition) is 1. The van der Waals surface area contributed by atoms with E-state index in [1.165, 1.54) is 89.9 Å². The van der Waals surface area contributed by atoms with Crippen molar-refractivity contribution >= 4 is 0 Å². The highest BCUT2D eigenvalue weighted by molar-refractivity contribution is 4.73. The van der Waals surface area contributed by atoms with Crippen molar-refractivity contribution in [3.8, 4) is 0 Å². The van der Waals surface area contributed by atoms with Crippen LogP contribution in [0.15, 0.2) is 0 Å². The van der Waals surface area contributed by atoms with Crippen LogP contribution in [0.5, 0.6) is 0 Å². The minimum Gasteiger partial charge on any atom is -0.378 e. The topological polar surface area (TPSA) is 9.23 Å². The lowest BCUT2D eigenvalue weighted by molar-refractivity contribution is -0.0202. The molecule has 2 aliphatic carbocycles. The molecule has 0 amide bonds. The second-order valence-electron chi connectivity index (χ2n) is 10.3. The number of rotatable bonds is 5. The smallest absolute Gasteiger partial charge is 0.0575 e. The van der Waals surface area contributed by atoms with Crippen molar-refractivity contribution in [3.05, 3.63) is 0 Å². The van der Waals surface area contributed by atoms with Gasteiger partial charge in [0.1, 0.15) is 0 Å². The fourth-order valence-electron chi connectivity index (χ4n) is 5.25. The zero-order valence-electron chi connectivity index (χ0n) is 24.5. The van der Waals surface area contributed by atoms with E-state index in [0.29, 0.717) is 6.10 Å². The summed E-state index contributed by atoms with van der Waals surface area (Å²) in [6, 6.07) is 0. The highest BCUT2D eigenvalue weighted by atomic mass is 16.5. The molecule has 0 bridgehead atoms. The quantitative estimate of drug-likeness (QED) is 0.401. The number of hydrogen-bond donors (Lipinski definition) is 0. The Morgan fingerprint density at radius 3 is 1.59 bits per heavy atom. The van der Waals surface area contributed by atoms with Crippen molar-refractivity contribution in [1.82, 2.24) is 0 Å². The molecule has 1 heterocycles. The third kappa shape index (κ3) is 16.6. The Kier molecular flexibility index (Phi) is 25.7. The maximum absolute atomic E-state index is 5.61. The van der Waals surface area contributed by atoms with Crippen LogP contribution in [0.4, 0.5) is 0 Å². The van der Waals surface area contributed by atoms with E-state index in [-0.39, 0.29) is 0 Å². The lowest BCUT2D eigenvalue weighted by Gasteiger charge is -2.31. The molecule has 3 atom stereocenters. The summed E-state index contributed by atoms with van der Waals surface area (Å²) in [5.74, 6) is 4.90. The van der Waals surface area contributed by atoms with Crippen molar-refractivity contribution < 1.29 is 4.74 Å². The summed E-state index contributed by atoms with van der Waals surface area (Å²) in [4.78, 5) is 0. The Labute approximate surface area is 206 Å². The lowest BCUT2D eigenvalue weighted by atomic mass is 9.80. The van der Waals surface area contributed by atoms with Gasteiger partial charge in [-0.15, -0.1) is 0 Å². The summed E-state index contributed by atoms with van der Waals surface area (Å²) < 4.78 is 5.61. The molecule has 1 nitrogen and oxygen atoms in total. The van der Waals surface area contributed by atoms with Gasteiger partial charge in [0.25, 0.3) is 0 Å². The molecule has 2 saturated carbocycles. The molecule has 32 heavy (non-hydrogen) atoms. The Balaban J connectivity index is 0. The second kappa shape index (κ2) is 24.1. The van der Waals surface area contributed by atoms with E-state index in [1.807, 2.05) is 27.7 Å². The van der Waals surface area contributed by atoms with Gasteiger partial charge in [-0.05, 0) is 48.9 Å². The van der Waals surface area contributed by atoms with Crippen LogP contribution in [0.2, 0.25) is 0 Å². The molecule has 1 aliphatic heterocycles. The van der Waals surface area contributed by atoms with E-state index in [9.17, 15) is 0 Å². The van der Waals surface area contributed by atoms with Gasteiger partial charge in [0.2, 0.25) is 0 Å². The molecule has 3 rings (SSSR count). The molecule has 3 aliphatic rings. The molecule has 1 heteroatoms. The van der Waals surface area contributed by atoms with Crippen molar-refractivity contribution in [2.45, 2.75) is 165 Å². The lowest BCUT2D eigenvalue weighted by Crippen LogP contribution is -2.27. The van der Waals surface area contributed by atoms with Gasteiger partial charge in [0.15, 0.2) is 0 Å². The average molecular weight is 455 g/mol.